The van der Waals surface area contributed by atoms with Crippen molar-refractivity contribution in [1.29, 1.82) is 0 Å². The van der Waals surface area contributed by atoms with Crippen LogP contribution in [0.3, 0.4) is 0 Å². The molecule has 0 bridgehead atoms. The highest BCUT2D eigenvalue weighted by atomic mass is 16.7. The van der Waals surface area contributed by atoms with Crippen LogP contribution in [0.5, 0.6) is 0 Å². The zero-order valence-corrected chi connectivity index (χ0v) is 12.3. The van der Waals surface area contributed by atoms with Crippen molar-refractivity contribution in [3.05, 3.63) is 47.8 Å². The van der Waals surface area contributed by atoms with Gasteiger partial charge in [-0.2, -0.15) is 0 Å². The standard InChI is InChI=1S/C15H21N3O3/c1-3-20-15(21-4-2)14(19)13-11-18(17-16-13)10-12-8-6-5-7-9-12/h5-9,11,14-15,19H,3-4,10H2,1-2H3. The molecule has 1 heterocycles. The first-order chi connectivity index (χ1) is 10.2. The summed E-state index contributed by atoms with van der Waals surface area (Å²) in [5.41, 5.74) is 1.56. The Hall–Kier alpha value is -1.76. The zero-order valence-electron chi connectivity index (χ0n) is 12.3. The molecule has 1 N–H and O–H groups in total. The Labute approximate surface area is 124 Å². The lowest BCUT2D eigenvalue weighted by Gasteiger charge is -2.20. The average Bonchev–Trinajstić information content (AvgIpc) is 2.96. The van der Waals surface area contributed by atoms with Gasteiger partial charge in [0.25, 0.3) is 0 Å². The third-order valence-corrected chi connectivity index (χ3v) is 2.97. The van der Waals surface area contributed by atoms with Crippen LogP contribution in [0.2, 0.25) is 0 Å². The minimum absolute atomic E-state index is 0.442. The van der Waals surface area contributed by atoms with Crippen molar-refractivity contribution >= 4 is 0 Å². The van der Waals surface area contributed by atoms with E-state index >= 15 is 0 Å². The second-order valence-electron chi connectivity index (χ2n) is 4.55. The Morgan fingerprint density at radius 2 is 1.81 bits per heavy atom. The van der Waals surface area contributed by atoms with E-state index in [9.17, 15) is 5.11 Å². The van der Waals surface area contributed by atoms with Crippen molar-refractivity contribution in [2.24, 2.45) is 0 Å². The van der Waals surface area contributed by atoms with Crippen LogP contribution in [0.1, 0.15) is 31.2 Å². The lowest BCUT2D eigenvalue weighted by Crippen LogP contribution is -2.26. The molecule has 1 unspecified atom stereocenters. The van der Waals surface area contributed by atoms with E-state index < -0.39 is 12.4 Å². The van der Waals surface area contributed by atoms with Crippen LogP contribution >= 0.6 is 0 Å². The van der Waals surface area contributed by atoms with Crippen LogP contribution in [0.15, 0.2) is 36.5 Å². The van der Waals surface area contributed by atoms with E-state index in [1.807, 2.05) is 44.2 Å². The summed E-state index contributed by atoms with van der Waals surface area (Å²) in [4.78, 5) is 0. The number of benzene rings is 1. The van der Waals surface area contributed by atoms with E-state index in [-0.39, 0.29) is 0 Å². The normalized spacial score (nSPS) is 12.8. The Morgan fingerprint density at radius 3 is 2.43 bits per heavy atom. The predicted molar refractivity (Wildman–Crippen MR) is 77.6 cm³/mol. The van der Waals surface area contributed by atoms with E-state index in [1.54, 1.807) is 10.9 Å². The number of ether oxygens (including phenoxy) is 2. The van der Waals surface area contributed by atoms with Gasteiger partial charge in [0.05, 0.1) is 12.7 Å². The summed E-state index contributed by atoms with van der Waals surface area (Å²) in [6.45, 7) is 5.23. The van der Waals surface area contributed by atoms with E-state index in [4.69, 9.17) is 9.47 Å². The molecule has 1 aromatic heterocycles. The minimum Gasteiger partial charge on any atom is -0.381 e. The van der Waals surface area contributed by atoms with Gasteiger partial charge in [0.15, 0.2) is 12.4 Å². The molecule has 0 saturated carbocycles. The van der Waals surface area contributed by atoms with Gasteiger partial charge in [-0.3, -0.25) is 0 Å². The summed E-state index contributed by atoms with van der Waals surface area (Å²) in [6.07, 6.45) is 0.0409. The number of hydrogen-bond acceptors (Lipinski definition) is 5. The highest BCUT2D eigenvalue weighted by molar-refractivity contribution is 5.15. The molecule has 0 amide bonds. The number of rotatable bonds is 8. The number of nitrogens with zero attached hydrogens (tertiary/aromatic N) is 3. The van der Waals surface area contributed by atoms with Gasteiger partial charge in [-0.25, -0.2) is 4.68 Å². The van der Waals surface area contributed by atoms with Crippen molar-refractivity contribution in [3.63, 3.8) is 0 Å². The smallest absolute Gasteiger partial charge is 0.189 e. The topological polar surface area (TPSA) is 69.4 Å². The first-order valence-electron chi connectivity index (χ1n) is 7.09. The number of aliphatic hydroxyl groups is 1. The zero-order chi connectivity index (χ0) is 15.1. The molecule has 2 aromatic rings. The molecule has 6 nitrogen and oxygen atoms in total. The van der Waals surface area contributed by atoms with E-state index in [0.29, 0.717) is 25.5 Å². The quantitative estimate of drug-likeness (QED) is 0.751. The molecule has 6 heteroatoms. The molecule has 1 atom stereocenters. The molecule has 21 heavy (non-hydrogen) atoms. The van der Waals surface area contributed by atoms with Crippen LogP contribution in [-0.4, -0.2) is 39.6 Å². The summed E-state index contributed by atoms with van der Waals surface area (Å²) in [5, 5.41) is 18.3. The van der Waals surface area contributed by atoms with Crippen LogP contribution in [0, 0.1) is 0 Å². The second kappa shape index (κ2) is 7.87. The molecular formula is C15H21N3O3. The summed E-state index contributed by atoms with van der Waals surface area (Å²) in [5.74, 6) is 0. The lowest BCUT2D eigenvalue weighted by atomic mass is 10.2. The largest absolute Gasteiger partial charge is 0.381 e. The van der Waals surface area contributed by atoms with Gasteiger partial charge in [0, 0.05) is 13.2 Å². The molecule has 2 rings (SSSR count). The first kappa shape index (κ1) is 15.6. The van der Waals surface area contributed by atoms with Crippen molar-refractivity contribution in [3.8, 4) is 0 Å². The number of aliphatic hydroxyl groups excluding tert-OH is 1. The predicted octanol–water partition coefficient (Wildman–Crippen LogP) is 1.76. The van der Waals surface area contributed by atoms with Crippen molar-refractivity contribution in [1.82, 2.24) is 15.0 Å². The molecule has 0 radical (unpaired) electrons. The van der Waals surface area contributed by atoms with Crippen molar-refractivity contribution in [2.75, 3.05) is 13.2 Å². The van der Waals surface area contributed by atoms with Crippen molar-refractivity contribution < 1.29 is 14.6 Å². The Bertz CT molecular complexity index is 524. The third-order valence-electron chi connectivity index (χ3n) is 2.97. The molecule has 1 aromatic carbocycles. The monoisotopic (exact) mass is 291 g/mol. The van der Waals surface area contributed by atoms with E-state index in [2.05, 4.69) is 10.3 Å². The van der Waals surface area contributed by atoms with Gasteiger partial charge >= 0.3 is 0 Å². The molecule has 0 aliphatic heterocycles. The van der Waals surface area contributed by atoms with Crippen LogP contribution in [0.4, 0.5) is 0 Å². The Balaban J connectivity index is 2.04. The van der Waals surface area contributed by atoms with Gasteiger partial charge < -0.3 is 14.6 Å². The maximum Gasteiger partial charge on any atom is 0.189 e. The van der Waals surface area contributed by atoms with E-state index in [0.717, 1.165) is 5.56 Å². The van der Waals surface area contributed by atoms with Crippen LogP contribution in [-0.2, 0) is 16.0 Å². The highest BCUT2D eigenvalue weighted by Gasteiger charge is 2.24. The summed E-state index contributed by atoms with van der Waals surface area (Å²) in [7, 11) is 0. The van der Waals surface area contributed by atoms with Crippen molar-refractivity contribution in [2.45, 2.75) is 32.8 Å². The summed E-state index contributed by atoms with van der Waals surface area (Å²) < 4.78 is 12.4. The van der Waals surface area contributed by atoms with Gasteiger partial charge in [0.2, 0.25) is 0 Å². The highest BCUT2D eigenvalue weighted by Crippen LogP contribution is 2.18. The minimum atomic E-state index is -0.950. The van der Waals surface area contributed by atoms with Gasteiger partial charge in [-0.15, -0.1) is 5.10 Å². The van der Waals surface area contributed by atoms with Gasteiger partial charge in [-0.05, 0) is 19.4 Å². The third kappa shape index (κ3) is 4.35. The fourth-order valence-electron chi connectivity index (χ4n) is 2.00. The molecular weight excluding hydrogens is 270 g/mol. The summed E-state index contributed by atoms with van der Waals surface area (Å²) >= 11 is 0. The maximum atomic E-state index is 10.3. The van der Waals surface area contributed by atoms with Gasteiger partial charge in [-0.1, -0.05) is 35.5 Å². The van der Waals surface area contributed by atoms with Crippen LogP contribution in [0.25, 0.3) is 0 Å². The summed E-state index contributed by atoms with van der Waals surface area (Å²) in [6, 6.07) is 9.95. The number of hydrogen-bond donors (Lipinski definition) is 1. The molecule has 0 aliphatic carbocycles. The molecule has 114 valence electrons. The van der Waals surface area contributed by atoms with E-state index in [1.165, 1.54) is 0 Å². The fraction of sp³-hybridized carbons (Fsp3) is 0.467. The lowest BCUT2D eigenvalue weighted by molar-refractivity contribution is -0.192. The molecule has 0 fully saturated rings. The van der Waals surface area contributed by atoms with Crippen LogP contribution < -0.4 is 0 Å². The number of aromatic nitrogens is 3. The first-order valence-corrected chi connectivity index (χ1v) is 7.09. The SMILES string of the molecule is CCOC(OCC)C(O)c1cn(Cc2ccccc2)nn1. The second-order valence-corrected chi connectivity index (χ2v) is 4.55. The molecule has 0 spiro atoms. The molecule has 0 saturated heterocycles. The average molecular weight is 291 g/mol. The van der Waals surface area contributed by atoms with Gasteiger partial charge in [0.1, 0.15) is 5.69 Å². The fourth-order valence-corrected chi connectivity index (χ4v) is 2.00. The Morgan fingerprint density at radius 1 is 1.14 bits per heavy atom. The maximum absolute atomic E-state index is 10.3. The Kier molecular flexibility index (Phi) is 5.86. The molecule has 0 aliphatic rings.